The number of carbonyl (C=O) groups is 2. The van der Waals surface area contributed by atoms with Crippen LogP contribution in [0.15, 0.2) is 30.3 Å². The van der Waals surface area contributed by atoms with Crippen molar-refractivity contribution in [3.8, 4) is 0 Å². The first-order valence-electron chi connectivity index (χ1n) is 7.85. The number of benzene rings is 1. The van der Waals surface area contributed by atoms with Gasteiger partial charge in [0.1, 0.15) is 6.61 Å². The predicted octanol–water partition coefficient (Wildman–Crippen LogP) is 2.31. The van der Waals surface area contributed by atoms with Gasteiger partial charge in [-0.3, -0.25) is 4.79 Å². The van der Waals surface area contributed by atoms with Gasteiger partial charge in [-0.25, -0.2) is 4.79 Å². The van der Waals surface area contributed by atoms with E-state index in [0.717, 1.165) is 5.56 Å². The van der Waals surface area contributed by atoms with Gasteiger partial charge in [-0.05, 0) is 24.8 Å². The lowest BCUT2D eigenvalue weighted by atomic mass is 9.78. The highest BCUT2D eigenvalue weighted by molar-refractivity contribution is 5.78. The van der Waals surface area contributed by atoms with E-state index < -0.39 is 24.3 Å². The molecule has 1 atom stereocenters. The number of amides is 1. The molecule has 6 nitrogen and oxygen atoms in total. The van der Waals surface area contributed by atoms with Crippen molar-refractivity contribution in [3.63, 3.8) is 0 Å². The highest BCUT2D eigenvalue weighted by atomic mass is 16.6. The van der Waals surface area contributed by atoms with Crippen molar-refractivity contribution in [2.75, 3.05) is 19.9 Å². The van der Waals surface area contributed by atoms with Crippen molar-refractivity contribution in [2.45, 2.75) is 32.8 Å². The lowest BCUT2D eigenvalue weighted by Gasteiger charge is -2.39. The zero-order chi connectivity index (χ0) is 16.7. The summed E-state index contributed by atoms with van der Waals surface area (Å²) in [7, 11) is 0. The average Bonchev–Trinajstić information content (AvgIpc) is 2.60. The predicted molar refractivity (Wildman–Crippen MR) is 83.3 cm³/mol. The van der Waals surface area contributed by atoms with Gasteiger partial charge in [0.05, 0.1) is 5.41 Å². The van der Waals surface area contributed by atoms with E-state index in [1.807, 2.05) is 37.3 Å². The van der Waals surface area contributed by atoms with Crippen molar-refractivity contribution < 1.29 is 24.2 Å². The van der Waals surface area contributed by atoms with Crippen LogP contribution in [0.1, 0.15) is 31.7 Å². The summed E-state index contributed by atoms with van der Waals surface area (Å²) in [6, 6.07) is 9.45. The molecule has 0 radical (unpaired) electrons. The molecule has 1 aliphatic heterocycles. The Bertz CT molecular complexity index is 533. The molecule has 126 valence electrons. The Morgan fingerprint density at radius 2 is 2.00 bits per heavy atom. The summed E-state index contributed by atoms with van der Waals surface area (Å²) in [6.45, 7) is 2.27. The first kappa shape index (κ1) is 17.3. The van der Waals surface area contributed by atoms with E-state index in [9.17, 15) is 9.59 Å². The smallest absolute Gasteiger partial charge is 0.410 e. The third kappa shape index (κ3) is 4.22. The first-order chi connectivity index (χ1) is 11.1. The Labute approximate surface area is 136 Å². The molecule has 23 heavy (non-hydrogen) atoms. The molecule has 1 fully saturated rings. The zero-order valence-corrected chi connectivity index (χ0v) is 13.4. The Morgan fingerprint density at radius 3 is 2.65 bits per heavy atom. The van der Waals surface area contributed by atoms with Crippen molar-refractivity contribution in [3.05, 3.63) is 35.9 Å². The molecule has 1 aromatic rings. The molecule has 0 aromatic heterocycles. The maximum atomic E-state index is 12.3. The molecule has 1 amide bonds. The summed E-state index contributed by atoms with van der Waals surface area (Å²) in [5.74, 6) is -0.456. The number of rotatable bonds is 5. The molecule has 2 rings (SSSR count). The largest absolute Gasteiger partial charge is 0.445 e. The van der Waals surface area contributed by atoms with Gasteiger partial charge in [-0.2, -0.15) is 0 Å². The van der Waals surface area contributed by atoms with Gasteiger partial charge >= 0.3 is 12.1 Å². The van der Waals surface area contributed by atoms with Crippen molar-refractivity contribution in [1.29, 1.82) is 0 Å². The van der Waals surface area contributed by atoms with Gasteiger partial charge in [-0.15, -0.1) is 0 Å². The van der Waals surface area contributed by atoms with E-state index in [4.69, 9.17) is 14.6 Å². The summed E-state index contributed by atoms with van der Waals surface area (Å²) in [6.07, 6.45) is 1.47. The van der Waals surface area contributed by atoms with E-state index in [0.29, 0.717) is 25.8 Å². The molecule has 1 aromatic carbocycles. The van der Waals surface area contributed by atoms with E-state index >= 15 is 0 Å². The number of aliphatic hydroxyl groups excluding tert-OH is 1. The minimum atomic E-state index is -0.757. The number of ether oxygens (including phenoxy) is 2. The molecule has 1 unspecified atom stereocenters. The summed E-state index contributed by atoms with van der Waals surface area (Å²) in [4.78, 5) is 25.9. The van der Waals surface area contributed by atoms with Crippen LogP contribution in [0.5, 0.6) is 0 Å². The molecular formula is C17H23NO5. The number of carbonyl (C=O) groups excluding carboxylic acids is 2. The highest BCUT2D eigenvalue weighted by Gasteiger charge is 2.43. The zero-order valence-electron chi connectivity index (χ0n) is 13.4. The van der Waals surface area contributed by atoms with Gasteiger partial charge in [0.2, 0.25) is 0 Å². The second kappa shape index (κ2) is 7.97. The maximum Gasteiger partial charge on any atom is 0.410 e. The Morgan fingerprint density at radius 1 is 1.26 bits per heavy atom. The second-order valence-electron chi connectivity index (χ2n) is 5.76. The fraction of sp³-hybridized carbons (Fsp3) is 0.529. The summed E-state index contributed by atoms with van der Waals surface area (Å²) in [5.41, 5.74) is 0.159. The second-order valence-corrected chi connectivity index (χ2v) is 5.76. The summed E-state index contributed by atoms with van der Waals surface area (Å²) >= 11 is 0. The van der Waals surface area contributed by atoms with Gasteiger partial charge < -0.3 is 19.5 Å². The Balaban J connectivity index is 1.96. The van der Waals surface area contributed by atoms with Crippen molar-refractivity contribution >= 4 is 12.1 Å². The van der Waals surface area contributed by atoms with Crippen molar-refractivity contribution in [1.82, 2.24) is 4.90 Å². The number of hydrogen-bond acceptors (Lipinski definition) is 5. The van der Waals surface area contributed by atoms with E-state index in [2.05, 4.69) is 0 Å². The number of esters is 1. The lowest BCUT2D eigenvalue weighted by molar-refractivity contribution is -0.167. The van der Waals surface area contributed by atoms with Crippen molar-refractivity contribution in [2.24, 2.45) is 5.41 Å². The Hall–Kier alpha value is -2.08. The molecule has 1 N–H and O–H groups in total. The topological polar surface area (TPSA) is 76.1 Å². The first-order valence-corrected chi connectivity index (χ1v) is 7.85. The standard InChI is InChI=1S/C17H23NO5/c1-2-17(15(20)23-13-19)9-6-10-18(12-17)16(21)22-11-14-7-4-3-5-8-14/h3-5,7-8,19H,2,6,9-13H2,1H3. The summed E-state index contributed by atoms with van der Waals surface area (Å²) in [5, 5.41) is 8.81. The monoisotopic (exact) mass is 321 g/mol. The van der Waals surface area contributed by atoms with Crippen LogP contribution in [0.2, 0.25) is 0 Å². The van der Waals surface area contributed by atoms with Gasteiger partial charge in [0.25, 0.3) is 0 Å². The van der Waals surface area contributed by atoms with Gasteiger partial charge in [0, 0.05) is 13.1 Å². The lowest BCUT2D eigenvalue weighted by Crippen LogP contribution is -2.50. The van der Waals surface area contributed by atoms with Crippen LogP contribution in [0.25, 0.3) is 0 Å². The molecule has 1 heterocycles. The van der Waals surface area contributed by atoms with Gasteiger partial charge in [0.15, 0.2) is 6.79 Å². The minimum Gasteiger partial charge on any atom is -0.445 e. The number of nitrogens with zero attached hydrogens (tertiary/aromatic N) is 1. The molecule has 1 aliphatic rings. The molecule has 0 bridgehead atoms. The summed E-state index contributed by atoms with van der Waals surface area (Å²) < 4.78 is 10.1. The van der Waals surface area contributed by atoms with Crippen LogP contribution in [-0.2, 0) is 20.9 Å². The molecular weight excluding hydrogens is 298 g/mol. The minimum absolute atomic E-state index is 0.205. The van der Waals surface area contributed by atoms with E-state index in [-0.39, 0.29) is 13.2 Å². The Kier molecular flexibility index (Phi) is 5.98. The van der Waals surface area contributed by atoms with Crippen LogP contribution in [0, 0.1) is 5.41 Å². The van der Waals surface area contributed by atoms with E-state index in [1.165, 1.54) is 0 Å². The number of likely N-dealkylation sites (tertiary alicyclic amines) is 1. The molecule has 1 saturated heterocycles. The van der Waals surface area contributed by atoms with Gasteiger partial charge in [-0.1, -0.05) is 37.3 Å². The number of aliphatic hydroxyl groups is 1. The normalized spacial score (nSPS) is 20.9. The average molecular weight is 321 g/mol. The van der Waals surface area contributed by atoms with Crippen LogP contribution in [0.4, 0.5) is 4.79 Å². The quantitative estimate of drug-likeness (QED) is 0.665. The molecule has 6 heteroatoms. The highest BCUT2D eigenvalue weighted by Crippen LogP contribution is 2.35. The van der Waals surface area contributed by atoms with Crippen LogP contribution in [0.3, 0.4) is 0 Å². The number of piperidine rings is 1. The molecule has 0 saturated carbocycles. The third-order valence-electron chi connectivity index (χ3n) is 4.35. The fourth-order valence-corrected chi connectivity index (χ4v) is 2.91. The van der Waals surface area contributed by atoms with Crippen LogP contribution < -0.4 is 0 Å². The van der Waals surface area contributed by atoms with E-state index in [1.54, 1.807) is 4.90 Å². The molecule has 0 spiro atoms. The maximum absolute atomic E-state index is 12.3. The molecule has 0 aliphatic carbocycles. The van der Waals surface area contributed by atoms with Crippen LogP contribution in [-0.4, -0.2) is 42.0 Å². The number of hydrogen-bond donors (Lipinski definition) is 1. The third-order valence-corrected chi connectivity index (χ3v) is 4.35. The fourth-order valence-electron chi connectivity index (χ4n) is 2.91. The van der Waals surface area contributed by atoms with Crippen LogP contribution >= 0.6 is 0 Å². The SMILES string of the molecule is CCC1(C(=O)OCO)CCCN(C(=O)OCc2ccccc2)C1.